The van der Waals surface area contributed by atoms with Gasteiger partial charge >= 0.3 is 0 Å². The van der Waals surface area contributed by atoms with Crippen molar-refractivity contribution < 1.29 is 9.47 Å². The van der Waals surface area contributed by atoms with Crippen molar-refractivity contribution >= 4 is 22.6 Å². The van der Waals surface area contributed by atoms with E-state index in [2.05, 4.69) is 29.5 Å². The first-order valence-corrected chi connectivity index (χ1v) is 8.80. The summed E-state index contributed by atoms with van der Waals surface area (Å²) in [5.41, 5.74) is 11.5. The fraction of sp³-hybridized carbons (Fsp3) is 1.00. The van der Waals surface area contributed by atoms with Crippen LogP contribution in [0.1, 0.15) is 40.0 Å². The molecule has 4 atom stereocenters. The number of hydrogen-bond acceptors (Lipinski definition) is 4. The summed E-state index contributed by atoms with van der Waals surface area (Å²) >= 11 is 2.41. The van der Waals surface area contributed by atoms with Crippen molar-refractivity contribution in [2.45, 2.75) is 58.2 Å². The SMILES string of the molecule is CCCC(OCC(C)N)C(CCI)COCC(C)N. The van der Waals surface area contributed by atoms with Crippen LogP contribution in [-0.4, -0.2) is 42.4 Å². The van der Waals surface area contributed by atoms with Gasteiger partial charge in [-0.05, 0) is 31.1 Å². The van der Waals surface area contributed by atoms with E-state index in [-0.39, 0.29) is 18.2 Å². The van der Waals surface area contributed by atoms with Crippen molar-refractivity contribution in [3.63, 3.8) is 0 Å². The maximum absolute atomic E-state index is 5.98. The van der Waals surface area contributed by atoms with Crippen molar-refractivity contribution in [3.05, 3.63) is 0 Å². The molecule has 0 rings (SSSR count). The average molecular weight is 386 g/mol. The van der Waals surface area contributed by atoms with Crippen LogP contribution in [0.15, 0.2) is 0 Å². The van der Waals surface area contributed by atoms with Gasteiger partial charge in [0.1, 0.15) is 0 Å². The van der Waals surface area contributed by atoms with Crippen LogP contribution in [0.2, 0.25) is 0 Å². The molecule has 0 saturated carbocycles. The van der Waals surface area contributed by atoms with Crippen molar-refractivity contribution in [1.29, 1.82) is 0 Å². The van der Waals surface area contributed by atoms with Gasteiger partial charge in [0.25, 0.3) is 0 Å². The molecule has 0 bridgehead atoms. The topological polar surface area (TPSA) is 70.5 Å². The van der Waals surface area contributed by atoms with Crippen molar-refractivity contribution in [1.82, 2.24) is 0 Å². The second-order valence-corrected chi connectivity index (χ2v) is 6.47. The molecule has 4 unspecified atom stereocenters. The highest BCUT2D eigenvalue weighted by Crippen LogP contribution is 2.19. The fourth-order valence-corrected chi connectivity index (χ4v) is 2.74. The van der Waals surface area contributed by atoms with Gasteiger partial charge in [-0.15, -0.1) is 0 Å². The Hall–Kier alpha value is 0.570. The van der Waals surface area contributed by atoms with Gasteiger partial charge in [0.2, 0.25) is 0 Å². The molecule has 0 aromatic rings. The molecule has 116 valence electrons. The molecule has 0 fully saturated rings. The summed E-state index contributed by atoms with van der Waals surface area (Å²) in [7, 11) is 0. The Balaban J connectivity index is 4.29. The van der Waals surface area contributed by atoms with Crippen LogP contribution in [-0.2, 0) is 9.47 Å². The summed E-state index contributed by atoms with van der Waals surface area (Å²) < 4.78 is 12.8. The van der Waals surface area contributed by atoms with Crippen molar-refractivity contribution in [3.8, 4) is 0 Å². The Bertz CT molecular complexity index is 204. The van der Waals surface area contributed by atoms with Gasteiger partial charge in [0, 0.05) is 18.0 Å². The van der Waals surface area contributed by atoms with Crippen LogP contribution >= 0.6 is 22.6 Å². The largest absolute Gasteiger partial charge is 0.379 e. The molecule has 19 heavy (non-hydrogen) atoms. The maximum Gasteiger partial charge on any atom is 0.0626 e. The van der Waals surface area contributed by atoms with Gasteiger partial charge in [-0.3, -0.25) is 0 Å². The smallest absolute Gasteiger partial charge is 0.0626 e. The van der Waals surface area contributed by atoms with Crippen LogP contribution in [0.5, 0.6) is 0 Å². The second-order valence-electron chi connectivity index (χ2n) is 5.39. The minimum Gasteiger partial charge on any atom is -0.379 e. The Morgan fingerprint density at radius 1 is 1.00 bits per heavy atom. The first-order valence-electron chi connectivity index (χ1n) is 7.27. The third-order valence-corrected chi connectivity index (χ3v) is 3.49. The van der Waals surface area contributed by atoms with E-state index in [1.165, 1.54) is 0 Å². The summed E-state index contributed by atoms with van der Waals surface area (Å²) in [5.74, 6) is 0.439. The third-order valence-electron chi connectivity index (χ3n) is 2.86. The third kappa shape index (κ3) is 11.0. The fourth-order valence-electron chi connectivity index (χ4n) is 1.94. The van der Waals surface area contributed by atoms with Crippen molar-refractivity contribution in [2.24, 2.45) is 17.4 Å². The summed E-state index contributed by atoms with van der Waals surface area (Å²) in [5, 5.41) is 0. The highest BCUT2D eigenvalue weighted by Gasteiger charge is 2.22. The molecule has 0 aromatic heterocycles. The molecule has 0 saturated heterocycles. The zero-order valence-electron chi connectivity index (χ0n) is 12.6. The standard InChI is InChI=1S/C14H31IN2O2/c1-4-5-14(19-9-12(3)17)13(6-7-15)10-18-8-11(2)16/h11-14H,4-10,16-17H2,1-3H3. The first-order chi connectivity index (χ1) is 9.01. The molecular formula is C14H31IN2O2. The van der Waals surface area contributed by atoms with Gasteiger partial charge in [-0.25, -0.2) is 0 Å². The lowest BCUT2D eigenvalue weighted by atomic mass is 9.96. The lowest BCUT2D eigenvalue weighted by Gasteiger charge is -2.27. The van der Waals surface area contributed by atoms with Crippen LogP contribution < -0.4 is 11.5 Å². The van der Waals surface area contributed by atoms with Gasteiger partial charge in [0.05, 0.1) is 25.9 Å². The molecule has 0 aliphatic heterocycles. The maximum atomic E-state index is 5.98. The Morgan fingerprint density at radius 3 is 2.11 bits per heavy atom. The molecule has 0 amide bonds. The number of ether oxygens (including phenoxy) is 2. The molecule has 0 aliphatic carbocycles. The Labute approximate surface area is 132 Å². The van der Waals surface area contributed by atoms with E-state index in [0.717, 1.165) is 30.3 Å². The van der Waals surface area contributed by atoms with Crippen LogP contribution in [0.3, 0.4) is 0 Å². The highest BCUT2D eigenvalue weighted by atomic mass is 127. The Morgan fingerprint density at radius 2 is 1.63 bits per heavy atom. The van der Waals surface area contributed by atoms with E-state index >= 15 is 0 Å². The molecule has 0 radical (unpaired) electrons. The molecule has 4 N–H and O–H groups in total. The molecule has 0 heterocycles. The van der Waals surface area contributed by atoms with E-state index in [9.17, 15) is 0 Å². The van der Waals surface area contributed by atoms with Crippen LogP contribution in [0.4, 0.5) is 0 Å². The zero-order valence-corrected chi connectivity index (χ0v) is 14.8. The number of alkyl halides is 1. The van der Waals surface area contributed by atoms with E-state index < -0.39 is 0 Å². The van der Waals surface area contributed by atoms with E-state index in [1.54, 1.807) is 0 Å². The monoisotopic (exact) mass is 386 g/mol. The average Bonchev–Trinajstić information content (AvgIpc) is 2.33. The molecule has 0 aliphatic rings. The predicted molar refractivity (Wildman–Crippen MR) is 89.8 cm³/mol. The molecule has 5 heteroatoms. The van der Waals surface area contributed by atoms with E-state index in [1.807, 2.05) is 13.8 Å². The van der Waals surface area contributed by atoms with Gasteiger partial charge in [-0.1, -0.05) is 35.9 Å². The summed E-state index contributed by atoms with van der Waals surface area (Å²) in [6.45, 7) is 8.09. The number of nitrogens with two attached hydrogens (primary N) is 2. The predicted octanol–water partition coefficient (Wildman–Crippen LogP) is 2.32. The quantitative estimate of drug-likeness (QED) is 0.399. The summed E-state index contributed by atoms with van der Waals surface area (Å²) in [4.78, 5) is 0. The normalized spacial score (nSPS) is 18.0. The van der Waals surface area contributed by atoms with Gasteiger partial charge in [-0.2, -0.15) is 0 Å². The van der Waals surface area contributed by atoms with Crippen molar-refractivity contribution in [2.75, 3.05) is 24.2 Å². The molecule has 4 nitrogen and oxygen atoms in total. The second kappa shape index (κ2) is 12.3. The molecule has 0 aromatic carbocycles. The lowest BCUT2D eigenvalue weighted by Crippen LogP contribution is -2.34. The lowest BCUT2D eigenvalue weighted by molar-refractivity contribution is -0.0322. The summed E-state index contributed by atoms with van der Waals surface area (Å²) in [6, 6.07) is 0.180. The van der Waals surface area contributed by atoms with Crippen LogP contribution in [0.25, 0.3) is 0 Å². The van der Waals surface area contributed by atoms with E-state index in [0.29, 0.717) is 19.1 Å². The van der Waals surface area contributed by atoms with Crippen LogP contribution in [0, 0.1) is 5.92 Å². The number of hydrogen-bond donors (Lipinski definition) is 2. The van der Waals surface area contributed by atoms with Gasteiger partial charge < -0.3 is 20.9 Å². The summed E-state index contributed by atoms with van der Waals surface area (Å²) in [6.07, 6.45) is 3.55. The highest BCUT2D eigenvalue weighted by molar-refractivity contribution is 14.1. The Kier molecular flexibility index (Phi) is 12.7. The number of rotatable bonds is 12. The zero-order chi connectivity index (χ0) is 14.7. The van der Waals surface area contributed by atoms with Gasteiger partial charge in [0.15, 0.2) is 0 Å². The minimum absolute atomic E-state index is 0.0876. The number of halogens is 1. The molecular weight excluding hydrogens is 355 g/mol. The first kappa shape index (κ1) is 19.6. The van der Waals surface area contributed by atoms with E-state index in [4.69, 9.17) is 20.9 Å². The minimum atomic E-state index is 0.0876. The molecule has 0 spiro atoms.